The number of hydrogen-bond acceptors (Lipinski definition) is 3. The minimum atomic E-state index is -0.908. The first-order chi connectivity index (χ1) is 9.50. The van der Waals surface area contributed by atoms with E-state index in [-0.39, 0.29) is 12.5 Å². The van der Waals surface area contributed by atoms with Crippen molar-refractivity contribution in [1.82, 2.24) is 4.90 Å². The standard InChI is InChI=1S/C15H19NO4/c1-10(15(18)19)9-16(2)14(17)13-12-6-4-3-5-11(12)7-8-20-13/h3-6,10,13H,7-9H2,1-2H3,(H,18,19). The van der Waals surface area contributed by atoms with Crippen LogP contribution in [0.15, 0.2) is 24.3 Å². The summed E-state index contributed by atoms with van der Waals surface area (Å²) in [6.07, 6.45) is 0.181. The van der Waals surface area contributed by atoms with Crippen LogP contribution in [-0.4, -0.2) is 42.1 Å². The van der Waals surface area contributed by atoms with Gasteiger partial charge in [0.2, 0.25) is 0 Å². The van der Waals surface area contributed by atoms with Crippen LogP contribution in [0.2, 0.25) is 0 Å². The number of carboxylic acids is 1. The molecule has 20 heavy (non-hydrogen) atoms. The Morgan fingerprint density at radius 3 is 2.85 bits per heavy atom. The van der Waals surface area contributed by atoms with E-state index in [2.05, 4.69) is 0 Å². The van der Waals surface area contributed by atoms with E-state index in [1.807, 2.05) is 24.3 Å². The van der Waals surface area contributed by atoms with E-state index in [1.54, 1.807) is 14.0 Å². The number of hydrogen-bond donors (Lipinski definition) is 1. The van der Waals surface area contributed by atoms with E-state index in [0.29, 0.717) is 6.61 Å². The van der Waals surface area contributed by atoms with Gasteiger partial charge < -0.3 is 14.7 Å². The summed E-state index contributed by atoms with van der Waals surface area (Å²) in [5.41, 5.74) is 2.01. The fourth-order valence-corrected chi connectivity index (χ4v) is 2.38. The monoisotopic (exact) mass is 277 g/mol. The van der Waals surface area contributed by atoms with Gasteiger partial charge in [0.15, 0.2) is 6.10 Å². The van der Waals surface area contributed by atoms with Crippen LogP contribution in [0.4, 0.5) is 0 Å². The molecule has 5 nitrogen and oxygen atoms in total. The normalized spacial score (nSPS) is 19.0. The quantitative estimate of drug-likeness (QED) is 0.905. The van der Waals surface area contributed by atoms with Gasteiger partial charge in [-0.05, 0) is 17.5 Å². The Labute approximate surface area is 118 Å². The van der Waals surface area contributed by atoms with Crippen molar-refractivity contribution in [3.8, 4) is 0 Å². The minimum Gasteiger partial charge on any atom is -0.481 e. The maximum atomic E-state index is 12.4. The molecule has 0 saturated heterocycles. The summed E-state index contributed by atoms with van der Waals surface area (Å²) in [6, 6.07) is 7.72. The van der Waals surface area contributed by atoms with Crippen LogP contribution in [0.3, 0.4) is 0 Å². The zero-order chi connectivity index (χ0) is 14.7. The van der Waals surface area contributed by atoms with Crippen molar-refractivity contribution in [1.29, 1.82) is 0 Å². The molecule has 1 aromatic carbocycles. The molecule has 1 aliphatic rings. The molecule has 0 aliphatic carbocycles. The van der Waals surface area contributed by atoms with Crippen molar-refractivity contribution < 1.29 is 19.4 Å². The van der Waals surface area contributed by atoms with Crippen LogP contribution in [0, 0.1) is 5.92 Å². The Morgan fingerprint density at radius 1 is 1.45 bits per heavy atom. The summed E-state index contributed by atoms with van der Waals surface area (Å²) in [4.78, 5) is 24.7. The third kappa shape index (κ3) is 2.99. The lowest BCUT2D eigenvalue weighted by atomic mass is 9.96. The SMILES string of the molecule is CC(CN(C)C(=O)C1OCCc2ccccc21)C(=O)O. The van der Waals surface area contributed by atoms with Gasteiger partial charge in [0.05, 0.1) is 12.5 Å². The second-order valence-electron chi connectivity index (χ2n) is 5.16. The number of carboxylic acid groups (broad SMARTS) is 1. The lowest BCUT2D eigenvalue weighted by Crippen LogP contribution is -2.39. The van der Waals surface area contributed by atoms with Crippen molar-refractivity contribution in [2.24, 2.45) is 5.92 Å². The van der Waals surface area contributed by atoms with Crippen LogP contribution in [0.1, 0.15) is 24.2 Å². The molecular weight excluding hydrogens is 258 g/mol. The molecule has 1 N–H and O–H groups in total. The number of carbonyl (C=O) groups excluding carboxylic acids is 1. The maximum absolute atomic E-state index is 12.4. The highest BCUT2D eigenvalue weighted by Crippen LogP contribution is 2.28. The highest BCUT2D eigenvalue weighted by Gasteiger charge is 2.30. The average molecular weight is 277 g/mol. The summed E-state index contributed by atoms with van der Waals surface area (Å²) >= 11 is 0. The van der Waals surface area contributed by atoms with E-state index < -0.39 is 18.0 Å². The van der Waals surface area contributed by atoms with E-state index in [0.717, 1.165) is 17.5 Å². The molecule has 2 unspecified atom stereocenters. The molecule has 0 fully saturated rings. The summed E-state index contributed by atoms with van der Waals surface area (Å²) in [6.45, 7) is 2.27. The number of rotatable bonds is 4. The molecule has 2 rings (SSSR count). The molecule has 1 aromatic rings. The number of likely N-dealkylation sites (N-methyl/N-ethyl adjacent to an activating group) is 1. The number of carbonyl (C=O) groups is 2. The van der Waals surface area contributed by atoms with Crippen molar-refractivity contribution in [3.05, 3.63) is 35.4 Å². The molecule has 0 aromatic heterocycles. The van der Waals surface area contributed by atoms with Crippen molar-refractivity contribution >= 4 is 11.9 Å². The predicted molar refractivity (Wildman–Crippen MR) is 73.3 cm³/mol. The van der Waals surface area contributed by atoms with Crippen molar-refractivity contribution in [2.45, 2.75) is 19.4 Å². The van der Waals surface area contributed by atoms with Gasteiger partial charge in [-0.25, -0.2) is 0 Å². The average Bonchev–Trinajstić information content (AvgIpc) is 2.45. The molecule has 0 spiro atoms. The highest BCUT2D eigenvalue weighted by molar-refractivity contribution is 5.83. The fourth-order valence-electron chi connectivity index (χ4n) is 2.38. The van der Waals surface area contributed by atoms with Gasteiger partial charge in [-0.15, -0.1) is 0 Å². The molecule has 1 aliphatic heterocycles. The van der Waals surface area contributed by atoms with Crippen LogP contribution in [-0.2, 0) is 20.7 Å². The molecule has 108 valence electrons. The van der Waals surface area contributed by atoms with Crippen molar-refractivity contribution in [3.63, 3.8) is 0 Å². The molecule has 0 saturated carbocycles. The second kappa shape index (κ2) is 6.05. The van der Waals surface area contributed by atoms with E-state index in [4.69, 9.17) is 9.84 Å². The van der Waals surface area contributed by atoms with Crippen molar-refractivity contribution in [2.75, 3.05) is 20.2 Å². The number of amides is 1. The summed E-state index contributed by atoms with van der Waals surface area (Å²) in [7, 11) is 1.61. The lowest BCUT2D eigenvalue weighted by molar-refractivity contribution is -0.147. The molecular formula is C15H19NO4. The zero-order valence-corrected chi connectivity index (χ0v) is 11.7. The molecule has 0 radical (unpaired) electrons. The van der Waals surface area contributed by atoms with E-state index in [1.165, 1.54) is 4.90 Å². The smallest absolute Gasteiger partial charge is 0.308 e. The van der Waals surface area contributed by atoms with Crippen LogP contribution in [0.25, 0.3) is 0 Å². The molecule has 5 heteroatoms. The first kappa shape index (κ1) is 14.5. The van der Waals surface area contributed by atoms with Gasteiger partial charge in [-0.1, -0.05) is 31.2 Å². The fraction of sp³-hybridized carbons (Fsp3) is 0.467. The van der Waals surface area contributed by atoms with Gasteiger partial charge >= 0.3 is 5.97 Å². The summed E-state index contributed by atoms with van der Waals surface area (Å²) < 4.78 is 5.59. The van der Waals surface area contributed by atoms with E-state index >= 15 is 0 Å². The maximum Gasteiger partial charge on any atom is 0.308 e. The number of ether oxygens (including phenoxy) is 1. The third-order valence-corrected chi connectivity index (χ3v) is 3.56. The van der Waals surface area contributed by atoms with Gasteiger partial charge in [-0.2, -0.15) is 0 Å². The summed E-state index contributed by atoms with van der Waals surface area (Å²) in [5, 5.41) is 8.91. The number of nitrogens with zero attached hydrogens (tertiary/aromatic N) is 1. The molecule has 1 amide bonds. The van der Waals surface area contributed by atoms with Crippen LogP contribution in [0.5, 0.6) is 0 Å². The Balaban J connectivity index is 2.12. The zero-order valence-electron chi connectivity index (χ0n) is 11.7. The first-order valence-corrected chi connectivity index (χ1v) is 6.68. The molecule has 2 atom stereocenters. The lowest BCUT2D eigenvalue weighted by Gasteiger charge is -2.29. The molecule has 0 bridgehead atoms. The first-order valence-electron chi connectivity index (χ1n) is 6.68. The van der Waals surface area contributed by atoms with Gasteiger partial charge in [0, 0.05) is 13.6 Å². The Kier molecular flexibility index (Phi) is 4.39. The Morgan fingerprint density at radius 2 is 2.15 bits per heavy atom. The van der Waals surface area contributed by atoms with Crippen LogP contribution < -0.4 is 0 Å². The largest absolute Gasteiger partial charge is 0.481 e. The van der Waals surface area contributed by atoms with E-state index in [9.17, 15) is 9.59 Å². The van der Waals surface area contributed by atoms with Gasteiger partial charge in [0.1, 0.15) is 0 Å². The predicted octanol–water partition coefficient (Wildman–Crippen LogP) is 1.48. The topological polar surface area (TPSA) is 66.8 Å². The van der Waals surface area contributed by atoms with Crippen LogP contribution >= 0.6 is 0 Å². The van der Waals surface area contributed by atoms with Gasteiger partial charge in [-0.3, -0.25) is 9.59 Å². The second-order valence-corrected chi connectivity index (χ2v) is 5.16. The summed E-state index contributed by atoms with van der Waals surface area (Å²) in [5.74, 6) is -1.69. The number of benzene rings is 1. The third-order valence-electron chi connectivity index (χ3n) is 3.56. The highest BCUT2D eigenvalue weighted by atomic mass is 16.5. The molecule has 1 heterocycles. The minimum absolute atomic E-state index is 0.177. The Bertz CT molecular complexity index is 514. The Hall–Kier alpha value is -1.88. The van der Waals surface area contributed by atoms with Gasteiger partial charge in [0.25, 0.3) is 5.91 Å². The number of aliphatic carboxylic acids is 1. The number of fused-ring (bicyclic) bond motifs is 1.